The first-order chi connectivity index (χ1) is 16.4. The van der Waals surface area contributed by atoms with E-state index in [2.05, 4.69) is 4.98 Å². The molecule has 1 fully saturated rings. The minimum absolute atomic E-state index is 0.0135. The topological polar surface area (TPSA) is 104 Å². The van der Waals surface area contributed by atoms with Gasteiger partial charge < -0.3 is 9.84 Å². The molecule has 1 unspecified atom stereocenters. The molecule has 0 spiro atoms. The van der Waals surface area contributed by atoms with Crippen LogP contribution in [0.2, 0.25) is 0 Å². The van der Waals surface area contributed by atoms with E-state index in [0.29, 0.717) is 28.1 Å². The van der Waals surface area contributed by atoms with Crippen LogP contribution in [0.5, 0.6) is 5.75 Å². The molecule has 1 aromatic heterocycles. The number of ketones is 1. The predicted molar refractivity (Wildman–Crippen MR) is 127 cm³/mol. The maximum absolute atomic E-state index is 13.3. The van der Waals surface area contributed by atoms with Gasteiger partial charge in [-0.2, -0.15) is 5.26 Å². The molecule has 4 rings (SSSR count). The summed E-state index contributed by atoms with van der Waals surface area (Å²) in [6, 6.07) is 16.2. The van der Waals surface area contributed by atoms with E-state index in [-0.39, 0.29) is 17.3 Å². The first kappa shape index (κ1) is 22.7. The number of ether oxygens (including phenoxy) is 1. The number of hydrogen-bond donors (Lipinski definition) is 1. The molecule has 1 aliphatic rings. The van der Waals surface area contributed by atoms with Gasteiger partial charge in [-0.3, -0.25) is 19.5 Å². The fourth-order valence-electron chi connectivity index (χ4n) is 4.14. The molecule has 3 aromatic rings. The monoisotopic (exact) mass is 453 g/mol. The number of anilines is 1. The maximum Gasteiger partial charge on any atom is 0.300 e. The van der Waals surface area contributed by atoms with Gasteiger partial charge in [0.25, 0.3) is 11.7 Å². The zero-order valence-corrected chi connectivity index (χ0v) is 19.0. The lowest BCUT2D eigenvalue weighted by Gasteiger charge is -2.25. The fourth-order valence-corrected chi connectivity index (χ4v) is 4.14. The lowest BCUT2D eigenvalue weighted by atomic mass is 9.93. The number of Topliss-reactive ketones (excluding diaryl/α,β-unsaturated/α-hetero) is 1. The Hall–Kier alpha value is -4.44. The maximum atomic E-state index is 13.3. The van der Waals surface area contributed by atoms with Gasteiger partial charge in [0.1, 0.15) is 11.5 Å². The second-order valence-corrected chi connectivity index (χ2v) is 8.22. The van der Waals surface area contributed by atoms with Crippen molar-refractivity contribution < 1.29 is 19.4 Å². The van der Waals surface area contributed by atoms with Crippen LogP contribution in [-0.2, 0) is 9.59 Å². The van der Waals surface area contributed by atoms with Crippen molar-refractivity contribution in [2.45, 2.75) is 25.8 Å². The third-order valence-electron chi connectivity index (χ3n) is 5.87. The Labute approximate surface area is 197 Å². The van der Waals surface area contributed by atoms with Crippen LogP contribution in [0, 0.1) is 11.3 Å². The molecule has 7 nitrogen and oxygen atoms in total. The summed E-state index contributed by atoms with van der Waals surface area (Å²) in [5.74, 6) is -1.02. The number of carbonyl (C=O) groups excluding carboxylic acids is 2. The van der Waals surface area contributed by atoms with Crippen molar-refractivity contribution in [3.05, 3.63) is 94.8 Å². The molecule has 1 saturated heterocycles. The van der Waals surface area contributed by atoms with Crippen LogP contribution in [0.4, 0.5) is 5.69 Å². The summed E-state index contributed by atoms with van der Waals surface area (Å²) in [5, 5.41) is 20.5. The number of carbonyl (C=O) groups is 2. The van der Waals surface area contributed by atoms with Crippen molar-refractivity contribution in [2.75, 3.05) is 12.0 Å². The Bertz CT molecular complexity index is 1320. The van der Waals surface area contributed by atoms with Crippen molar-refractivity contribution in [2.24, 2.45) is 0 Å². The van der Waals surface area contributed by atoms with E-state index in [1.807, 2.05) is 19.9 Å². The normalized spacial score (nSPS) is 17.1. The molecule has 0 saturated carbocycles. The first-order valence-electron chi connectivity index (χ1n) is 10.8. The van der Waals surface area contributed by atoms with E-state index in [4.69, 9.17) is 10.00 Å². The van der Waals surface area contributed by atoms with Crippen LogP contribution in [0.1, 0.15) is 48.1 Å². The molecular formula is C27H23N3O4. The number of nitrogens with zero attached hydrogens (tertiary/aromatic N) is 3. The first-order valence-corrected chi connectivity index (χ1v) is 10.8. The number of aromatic nitrogens is 1. The summed E-state index contributed by atoms with van der Waals surface area (Å²) in [4.78, 5) is 31.8. The van der Waals surface area contributed by atoms with Gasteiger partial charge in [0.2, 0.25) is 0 Å². The van der Waals surface area contributed by atoms with Crippen LogP contribution < -0.4 is 9.64 Å². The second-order valence-electron chi connectivity index (χ2n) is 8.22. The number of hydrogen-bond acceptors (Lipinski definition) is 6. The number of aliphatic hydroxyl groups excluding tert-OH is 1. The van der Waals surface area contributed by atoms with Crippen molar-refractivity contribution in [1.29, 1.82) is 5.26 Å². The molecule has 2 aromatic carbocycles. The summed E-state index contributed by atoms with van der Waals surface area (Å²) < 4.78 is 5.43. The number of benzene rings is 2. The average Bonchev–Trinajstić information content (AvgIpc) is 3.14. The fraction of sp³-hybridized carbons (Fsp3) is 0.185. The molecule has 1 aliphatic heterocycles. The number of rotatable bonds is 5. The smallest absolute Gasteiger partial charge is 0.300 e. The molecular weight excluding hydrogens is 430 g/mol. The minimum atomic E-state index is -0.861. The van der Waals surface area contributed by atoms with Gasteiger partial charge in [0.05, 0.1) is 30.4 Å². The van der Waals surface area contributed by atoms with Gasteiger partial charge in [-0.25, -0.2) is 0 Å². The summed E-state index contributed by atoms with van der Waals surface area (Å²) in [6.45, 7) is 4.00. The molecule has 0 aliphatic carbocycles. The Morgan fingerprint density at radius 2 is 1.76 bits per heavy atom. The van der Waals surface area contributed by atoms with Crippen molar-refractivity contribution >= 4 is 23.1 Å². The van der Waals surface area contributed by atoms with E-state index < -0.39 is 17.7 Å². The number of pyridine rings is 1. The third kappa shape index (κ3) is 3.90. The number of aliphatic hydroxyl groups is 1. The molecule has 1 atom stereocenters. The Morgan fingerprint density at radius 3 is 2.35 bits per heavy atom. The van der Waals surface area contributed by atoms with Gasteiger partial charge in [-0.1, -0.05) is 13.8 Å². The second kappa shape index (κ2) is 9.20. The largest absolute Gasteiger partial charge is 0.507 e. The van der Waals surface area contributed by atoms with Crippen LogP contribution >= 0.6 is 0 Å². The predicted octanol–water partition coefficient (Wildman–Crippen LogP) is 4.71. The van der Waals surface area contributed by atoms with Crippen molar-refractivity contribution in [1.82, 2.24) is 4.98 Å². The molecule has 2 heterocycles. The number of nitriles is 1. The van der Waals surface area contributed by atoms with Crippen LogP contribution in [0.25, 0.3) is 5.76 Å². The van der Waals surface area contributed by atoms with Crippen LogP contribution in [0.3, 0.4) is 0 Å². The quantitative estimate of drug-likeness (QED) is 0.341. The molecule has 7 heteroatoms. The highest BCUT2D eigenvalue weighted by molar-refractivity contribution is 6.51. The van der Waals surface area contributed by atoms with Gasteiger partial charge in [0, 0.05) is 23.6 Å². The highest BCUT2D eigenvalue weighted by Crippen LogP contribution is 2.42. The van der Waals surface area contributed by atoms with Gasteiger partial charge in [-0.15, -0.1) is 0 Å². The average molecular weight is 453 g/mol. The Balaban J connectivity index is 1.92. The van der Waals surface area contributed by atoms with Gasteiger partial charge in [0.15, 0.2) is 0 Å². The van der Waals surface area contributed by atoms with E-state index >= 15 is 0 Å². The highest BCUT2D eigenvalue weighted by Gasteiger charge is 2.47. The van der Waals surface area contributed by atoms with E-state index in [9.17, 15) is 14.7 Å². The summed E-state index contributed by atoms with van der Waals surface area (Å²) in [5.41, 5.74) is 2.77. The third-order valence-corrected chi connectivity index (χ3v) is 5.87. The number of methoxy groups -OCH3 is 1. The van der Waals surface area contributed by atoms with E-state index in [1.54, 1.807) is 74.1 Å². The summed E-state index contributed by atoms with van der Waals surface area (Å²) in [7, 11) is 1.58. The number of amides is 1. The minimum Gasteiger partial charge on any atom is -0.507 e. The molecule has 1 N–H and O–H groups in total. The van der Waals surface area contributed by atoms with Crippen LogP contribution in [-0.4, -0.2) is 28.9 Å². The van der Waals surface area contributed by atoms with E-state index in [1.165, 1.54) is 4.90 Å². The molecule has 0 bridgehead atoms. The van der Waals surface area contributed by atoms with Crippen molar-refractivity contribution in [3.8, 4) is 11.8 Å². The lowest BCUT2D eigenvalue weighted by molar-refractivity contribution is -0.132. The zero-order chi connectivity index (χ0) is 24.4. The summed E-state index contributed by atoms with van der Waals surface area (Å²) >= 11 is 0. The molecule has 170 valence electrons. The van der Waals surface area contributed by atoms with Crippen LogP contribution in [0.15, 0.2) is 72.6 Å². The van der Waals surface area contributed by atoms with Crippen molar-refractivity contribution in [3.63, 3.8) is 0 Å². The molecule has 0 radical (unpaired) electrons. The Kier molecular flexibility index (Phi) is 6.15. The lowest BCUT2D eigenvalue weighted by Crippen LogP contribution is -2.29. The zero-order valence-electron chi connectivity index (χ0n) is 19.0. The van der Waals surface area contributed by atoms with E-state index in [0.717, 1.165) is 5.56 Å². The summed E-state index contributed by atoms with van der Waals surface area (Å²) in [6.07, 6.45) is 3.14. The SMILES string of the molecule is COc1ccc(/C(O)=C2/C(=O)C(=O)N(c3ccc(C#N)cc3)C2c2ccncc2)cc1C(C)C. The molecule has 1 amide bonds. The highest BCUT2D eigenvalue weighted by atomic mass is 16.5. The standard InChI is InChI=1S/C27H23N3O4/c1-16(2)21-14-19(6-9-22(21)34-3)25(31)23-24(18-10-12-29-13-11-18)30(27(33)26(23)32)20-7-4-17(15-28)5-8-20/h4-14,16,24,31H,1-3H3/b25-23-. The Morgan fingerprint density at radius 1 is 1.09 bits per heavy atom. The van der Waals surface area contributed by atoms with Gasteiger partial charge in [-0.05, 0) is 71.6 Å². The molecule has 34 heavy (non-hydrogen) atoms. The van der Waals surface area contributed by atoms with Gasteiger partial charge >= 0.3 is 0 Å².